The van der Waals surface area contributed by atoms with E-state index >= 15 is 0 Å². The Bertz CT molecular complexity index is 522. The van der Waals surface area contributed by atoms with Gasteiger partial charge in [0.2, 0.25) is 0 Å². The largest absolute Gasteiger partial charge is 0.408 e. The summed E-state index contributed by atoms with van der Waals surface area (Å²) >= 11 is 0. The van der Waals surface area contributed by atoms with E-state index in [2.05, 4.69) is 5.32 Å². The van der Waals surface area contributed by atoms with Gasteiger partial charge in [-0.3, -0.25) is 0 Å². The lowest BCUT2D eigenvalue weighted by molar-refractivity contribution is -0.159. The first-order valence-corrected chi connectivity index (χ1v) is 7.81. The molecule has 2 amide bonds. The first-order chi connectivity index (χ1) is 11.0. The van der Waals surface area contributed by atoms with Crippen molar-refractivity contribution in [1.82, 2.24) is 10.6 Å². The molecule has 0 aliphatic rings. The summed E-state index contributed by atoms with van der Waals surface area (Å²) in [7, 11) is 0. The molecule has 1 aromatic carbocycles. The second kappa shape index (κ2) is 8.37. The van der Waals surface area contributed by atoms with Crippen LogP contribution in [0.1, 0.15) is 38.3 Å². The van der Waals surface area contributed by atoms with Crippen LogP contribution in [0.4, 0.5) is 18.0 Å². The van der Waals surface area contributed by atoms with Gasteiger partial charge in [-0.05, 0) is 29.4 Å². The molecule has 1 rings (SSSR count). The highest BCUT2D eigenvalue weighted by Crippen LogP contribution is 2.30. The molecule has 1 atom stereocenters. The molecule has 0 saturated heterocycles. The fourth-order valence-electron chi connectivity index (χ4n) is 2.20. The number of carbonyl (C=O) groups excluding carboxylic acids is 1. The standard InChI is InChI=1S/C17H25F3N2O2/c1-16(2,3)10-14(17(18,19)20)22-15(24)21-9-8-12-4-6-13(11-23)7-5-12/h4-7,14,23H,8-11H2,1-3H3,(H2,21,22,24). The third-order valence-corrected chi connectivity index (χ3v) is 3.42. The van der Waals surface area contributed by atoms with Gasteiger partial charge in [0.25, 0.3) is 0 Å². The molecule has 0 spiro atoms. The quantitative estimate of drug-likeness (QED) is 0.739. The number of carbonyl (C=O) groups is 1. The summed E-state index contributed by atoms with van der Waals surface area (Å²) in [4.78, 5) is 11.7. The van der Waals surface area contributed by atoms with Crippen LogP contribution in [0, 0.1) is 5.41 Å². The van der Waals surface area contributed by atoms with Gasteiger partial charge in [0.1, 0.15) is 6.04 Å². The smallest absolute Gasteiger partial charge is 0.392 e. The fourth-order valence-corrected chi connectivity index (χ4v) is 2.20. The summed E-state index contributed by atoms with van der Waals surface area (Å²) in [6, 6.07) is 4.44. The number of hydrogen-bond acceptors (Lipinski definition) is 2. The summed E-state index contributed by atoms with van der Waals surface area (Å²) in [5, 5.41) is 13.4. The zero-order valence-corrected chi connectivity index (χ0v) is 14.2. The van der Waals surface area contributed by atoms with E-state index in [9.17, 15) is 18.0 Å². The lowest BCUT2D eigenvalue weighted by Gasteiger charge is -2.28. The van der Waals surface area contributed by atoms with E-state index in [-0.39, 0.29) is 19.6 Å². The van der Waals surface area contributed by atoms with E-state index < -0.39 is 23.7 Å². The molecule has 4 nitrogen and oxygen atoms in total. The van der Waals surface area contributed by atoms with Crippen molar-refractivity contribution in [2.45, 2.75) is 52.4 Å². The Hall–Kier alpha value is -1.76. The SMILES string of the molecule is CC(C)(C)CC(NC(=O)NCCc1ccc(CO)cc1)C(F)(F)F. The molecule has 24 heavy (non-hydrogen) atoms. The van der Waals surface area contributed by atoms with E-state index in [0.29, 0.717) is 6.42 Å². The predicted octanol–water partition coefficient (Wildman–Crippen LogP) is 3.39. The van der Waals surface area contributed by atoms with Crippen molar-refractivity contribution in [1.29, 1.82) is 0 Å². The molecule has 3 N–H and O–H groups in total. The van der Waals surface area contributed by atoms with E-state index in [1.54, 1.807) is 32.9 Å². The number of aliphatic hydroxyl groups excluding tert-OH is 1. The lowest BCUT2D eigenvalue weighted by Crippen LogP contribution is -2.51. The average molecular weight is 346 g/mol. The van der Waals surface area contributed by atoms with Crippen LogP contribution in [0.5, 0.6) is 0 Å². The Morgan fingerprint density at radius 1 is 1.12 bits per heavy atom. The molecule has 0 aromatic heterocycles. The minimum absolute atomic E-state index is 0.0481. The molecular weight excluding hydrogens is 321 g/mol. The number of aliphatic hydroxyl groups is 1. The van der Waals surface area contributed by atoms with E-state index in [0.717, 1.165) is 11.1 Å². The highest BCUT2D eigenvalue weighted by Gasteiger charge is 2.42. The highest BCUT2D eigenvalue weighted by molar-refractivity contribution is 5.74. The number of alkyl halides is 3. The third-order valence-electron chi connectivity index (χ3n) is 3.42. The zero-order chi connectivity index (χ0) is 18.4. The molecule has 0 fully saturated rings. The molecule has 0 bridgehead atoms. The van der Waals surface area contributed by atoms with Crippen molar-refractivity contribution in [3.05, 3.63) is 35.4 Å². The first-order valence-electron chi connectivity index (χ1n) is 7.81. The fraction of sp³-hybridized carbons (Fsp3) is 0.588. The molecule has 1 aromatic rings. The van der Waals surface area contributed by atoms with Crippen molar-refractivity contribution in [3.63, 3.8) is 0 Å². The molecule has 0 radical (unpaired) electrons. The Labute approximate surface area is 140 Å². The van der Waals surface area contributed by atoms with Gasteiger partial charge in [0.05, 0.1) is 6.61 Å². The van der Waals surface area contributed by atoms with Crippen LogP contribution in [0.3, 0.4) is 0 Å². The Morgan fingerprint density at radius 3 is 2.12 bits per heavy atom. The zero-order valence-electron chi connectivity index (χ0n) is 14.2. The predicted molar refractivity (Wildman–Crippen MR) is 86.5 cm³/mol. The molecule has 0 heterocycles. The maximum absolute atomic E-state index is 13.0. The van der Waals surface area contributed by atoms with Gasteiger partial charge in [0, 0.05) is 6.54 Å². The summed E-state index contributed by atoms with van der Waals surface area (Å²) in [5.41, 5.74) is 1.15. The second-order valence-electron chi connectivity index (χ2n) is 6.98. The van der Waals surface area contributed by atoms with Crippen molar-refractivity contribution < 1.29 is 23.1 Å². The van der Waals surface area contributed by atoms with Crippen LogP contribution in [0.15, 0.2) is 24.3 Å². The van der Waals surface area contributed by atoms with Crippen molar-refractivity contribution in [3.8, 4) is 0 Å². The van der Waals surface area contributed by atoms with Crippen molar-refractivity contribution >= 4 is 6.03 Å². The maximum Gasteiger partial charge on any atom is 0.408 e. The van der Waals surface area contributed by atoms with Gasteiger partial charge in [0.15, 0.2) is 0 Å². The number of amides is 2. The van der Waals surface area contributed by atoms with Crippen LogP contribution >= 0.6 is 0 Å². The van der Waals surface area contributed by atoms with Crippen molar-refractivity contribution in [2.24, 2.45) is 5.41 Å². The third kappa shape index (κ3) is 7.68. The molecular formula is C17H25F3N2O2. The number of halogens is 3. The minimum atomic E-state index is -4.48. The van der Waals surface area contributed by atoms with Gasteiger partial charge in [-0.25, -0.2) is 4.79 Å². The Balaban J connectivity index is 2.47. The minimum Gasteiger partial charge on any atom is -0.392 e. The Morgan fingerprint density at radius 2 is 1.67 bits per heavy atom. The number of hydrogen-bond donors (Lipinski definition) is 3. The van der Waals surface area contributed by atoms with Crippen molar-refractivity contribution in [2.75, 3.05) is 6.54 Å². The summed E-state index contributed by atoms with van der Waals surface area (Å²) in [6.07, 6.45) is -4.17. The van der Waals surface area contributed by atoms with Crippen LogP contribution in [0.25, 0.3) is 0 Å². The Kier molecular flexibility index (Phi) is 7.08. The average Bonchev–Trinajstić information content (AvgIpc) is 2.45. The van der Waals surface area contributed by atoms with Gasteiger partial charge in [-0.1, -0.05) is 45.0 Å². The number of nitrogens with one attached hydrogen (secondary N) is 2. The molecule has 0 aliphatic heterocycles. The van der Waals surface area contributed by atoms with Crippen LogP contribution in [-0.4, -0.2) is 29.9 Å². The first kappa shape index (κ1) is 20.3. The van der Waals surface area contributed by atoms with Crippen LogP contribution in [0.2, 0.25) is 0 Å². The van der Waals surface area contributed by atoms with E-state index in [4.69, 9.17) is 5.11 Å². The molecule has 1 unspecified atom stereocenters. The number of benzene rings is 1. The van der Waals surface area contributed by atoms with Gasteiger partial charge in [-0.2, -0.15) is 13.2 Å². The molecule has 7 heteroatoms. The molecule has 0 aliphatic carbocycles. The van der Waals surface area contributed by atoms with Gasteiger partial charge < -0.3 is 15.7 Å². The monoisotopic (exact) mass is 346 g/mol. The topological polar surface area (TPSA) is 61.4 Å². The molecule has 0 saturated carbocycles. The van der Waals surface area contributed by atoms with Gasteiger partial charge in [-0.15, -0.1) is 0 Å². The number of rotatable bonds is 6. The summed E-state index contributed by atoms with van der Waals surface area (Å²) in [6.45, 7) is 5.27. The second-order valence-corrected chi connectivity index (χ2v) is 6.98. The maximum atomic E-state index is 13.0. The summed E-state index contributed by atoms with van der Waals surface area (Å²) < 4.78 is 39.0. The number of urea groups is 1. The van der Waals surface area contributed by atoms with Gasteiger partial charge >= 0.3 is 12.2 Å². The normalized spacial score (nSPS) is 13.5. The lowest BCUT2D eigenvalue weighted by atomic mass is 9.88. The molecule has 136 valence electrons. The van der Waals surface area contributed by atoms with E-state index in [1.165, 1.54) is 0 Å². The highest BCUT2D eigenvalue weighted by atomic mass is 19.4. The van der Waals surface area contributed by atoms with Crippen LogP contribution in [-0.2, 0) is 13.0 Å². The van der Waals surface area contributed by atoms with Crippen LogP contribution < -0.4 is 10.6 Å². The van der Waals surface area contributed by atoms with E-state index in [1.807, 2.05) is 17.4 Å². The summed E-state index contributed by atoms with van der Waals surface area (Å²) in [5.74, 6) is 0.